The van der Waals surface area contributed by atoms with Crippen LogP contribution in [0.25, 0.3) is 0 Å². The van der Waals surface area contributed by atoms with Crippen LogP contribution in [0.3, 0.4) is 0 Å². The predicted octanol–water partition coefficient (Wildman–Crippen LogP) is 0.891. The molecule has 0 spiro atoms. The fourth-order valence-corrected chi connectivity index (χ4v) is 1.05. The average Bonchev–Trinajstić information content (AvgIpc) is 2.39. The molecular weight excluding hydrogens is 258 g/mol. The molecule has 1 atom stereocenters. The topological polar surface area (TPSA) is 75.6 Å². The van der Waals surface area contributed by atoms with Gasteiger partial charge < -0.3 is 15.2 Å². The van der Waals surface area contributed by atoms with E-state index in [0.717, 1.165) is 0 Å². The van der Waals surface area contributed by atoms with Crippen LogP contribution >= 0.6 is 11.6 Å². The Morgan fingerprint density at radius 2 is 2.22 bits per heavy atom. The Morgan fingerprint density at radius 3 is 2.72 bits per heavy atom. The molecule has 100 valence electrons. The Hall–Kier alpha value is -1.59. The molecule has 2 N–H and O–H groups in total. The van der Waals surface area contributed by atoms with Crippen molar-refractivity contribution in [2.24, 2.45) is 0 Å². The Balaban J connectivity index is 4.18. The molecule has 18 heavy (non-hydrogen) atoms. The number of methoxy groups -OCH3 is 1. The first-order valence-corrected chi connectivity index (χ1v) is 5.55. The Morgan fingerprint density at radius 1 is 1.56 bits per heavy atom. The second kappa shape index (κ2) is 9.44. The van der Waals surface area contributed by atoms with Crippen LogP contribution in [0.2, 0.25) is 0 Å². The number of esters is 1. The van der Waals surface area contributed by atoms with E-state index in [9.17, 15) is 9.59 Å². The molecule has 0 aliphatic heterocycles. The summed E-state index contributed by atoms with van der Waals surface area (Å²) in [5.41, 5.74) is 0. The van der Waals surface area contributed by atoms with E-state index < -0.39 is 24.5 Å². The van der Waals surface area contributed by atoms with E-state index in [1.54, 1.807) is 18.2 Å². The predicted molar refractivity (Wildman–Crippen MR) is 68.9 cm³/mol. The molecule has 0 saturated carbocycles. The van der Waals surface area contributed by atoms with Crippen LogP contribution in [0.1, 0.15) is 6.42 Å². The first-order chi connectivity index (χ1) is 8.54. The number of halogens is 1. The molecule has 1 amide bonds. The molecule has 0 aliphatic carbocycles. The molecule has 0 saturated heterocycles. The van der Waals surface area contributed by atoms with E-state index >= 15 is 0 Å². The van der Waals surface area contributed by atoms with Gasteiger partial charge in [0.1, 0.15) is 0 Å². The van der Waals surface area contributed by atoms with Crippen LogP contribution in [0.15, 0.2) is 35.9 Å². The number of aliphatic hydroxyl groups excluding tert-OH is 1. The van der Waals surface area contributed by atoms with Crippen LogP contribution < -0.4 is 5.32 Å². The summed E-state index contributed by atoms with van der Waals surface area (Å²) in [5.74, 6) is -1.09. The lowest BCUT2D eigenvalue weighted by Gasteiger charge is -2.12. The van der Waals surface area contributed by atoms with E-state index in [0.29, 0.717) is 5.03 Å². The number of carbonyl (C=O) groups is 2. The van der Waals surface area contributed by atoms with Gasteiger partial charge in [0, 0.05) is 11.5 Å². The van der Waals surface area contributed by atoms with Crippen molar-refractivity contribution in [3.8, 4) is 0 Å². The zero-order valence-electron chi connectivity index (χ0n) is 10.1. The van der Waals surface area contributed by atoms with Gasteiger partial charge in [-0.1, -0.05) is 36.4 Å². The first-order valence-electron chi connectivity index (χ1n) is 5.18. The number of carbonyl (C=O) groups excluding carboxylic acids is 2. The lowest BCUT2D eigenvalue weighted by atomic mass is 10.3. The van der Waals surface area contributed by atoms with Crippen LogP contribution in [0.5, 0.6) is 0 Å². The Labute approximate surface area is 111 Å². The number of amides is 1. The van der Waals surface area contributed by atoms with Gasteiger partial charge in [0.2, 0.25) is 5.91 Å². The third-order valence-electron chi connectivity index (χ3n) is 1.89. The Bertz CT molecular complexity index is 363. The molecule has 0 rings (SSSR count). The number of allylic oxidation sites excluding steroid dienone is 4. The standard InChI is InChI=1S/C12H16ClNO4/c1-3-9(13)6-4-5-7-11(16)14-10(8-15)12(17)18-2/h3-6,10,15H,1,7-8H2,2H3,(H,14,16)/b5-4-,9-6+. The molecule has 1 unspecified atom stereocenters. The monoisotopic (exact) mass is 273 g/mol. The molecular formula is C12H16ClNO4. The number of hydrogen-bond acceptors (Lipinski definition) is 4. The van der Waals surface area contributed by atoms with Crippen molar-refractivity contribution < 1.29 is 19.4 Å². The normalized spacial score (nSPS) is 13.2. The number of rotatable bonds is 7. The molecule has 0 aromatic rings. The summed E-state index contributed by atoms with van der Waals surface area (Å²) in [6.45, 7) is 2.95. The fourth-order valence-electron chi connectivity index (χ4n) is 0.978. The van der Waals surface area contributed by atoms with Gasteiger partial charge in [0.05, 0.1) is 13.7 Å². The summed E-state index contributed by atoms with van der Waals surface area (Å²) in [5, 5.41) is 11.7. The molecule has 0 radical (unpaired) electrons. The van der Waals surface area contributed by atoms with Gasteiger partial charge in [0.15, 0.2) is 6.04 Å². The second-order valence-corrected chi connectivity index (χ2v) is 3.65. The second-order valence-electron chi connectivity index (χ2n) is 3.21. The summed E-state index contributed by atoms with van der Waals surface area (Å²) in [7, 11) is 1.18. The maximum atomic E-state index is 11.4. The zero-order valence-corrected chi connectivity index (χ0v) is 10.8. The largest absolute Gasteiger partial charge is 0.467 e. The lowest BCUT2D eigenvalue weighted by Crippen LogP contribution is -2.43. The maximum Gasteiger partial charge on any atom is 0.330 e. The van der Waals surface area contributed by atoms with E-state index in [1.807, 2.05) is 0 Å². The number of ether oxygens (including phenoxy) is 1. The lowest BCUT2D eigenvalue weighted by molar-refractivity contribution is -0.146. The zero-order chi connectivity index (χ0) is 14.0. The summed E-state index contributed by atoms with van der Waals surface area (Å²) < 4.78 is 4.41. The minimum atomic E-state index is -1.04. The molecule has 0 aliphatic rings. The minimum absolute atomic E-state index is 0.0608. The highest BCUT2D eigenvalue weighted by molar-refractivity contribution is 6.31. The highest BCUT2D eigenvalue weighted by atomic mass is 35.5. The van der Waals surface area contributed by atoms with E-state index in [1.165, 1.54) is 13.2 Å². The van der Waals surface area contributed by atoms with Crippen LogP contribution in [0, 0.1) is 0 Å². The van der Waals surface area contributed by atoms with Gasteiger partial charge in [-0.05, 0) is 6.08 Å². The van der Waals surface area contributed by atoms with Crippen LogP contribution in [-0.4, -0.2) is 36.7 Å². The summed E-state index contributed by atoms with van der Waals surface area (Å²) in [4.78, 5) is 22.5. The molecule has 6 heteroatoms. The van der Waals surface area contributed by atoms with Crippen molar-refractivity contribution >= 4 is 23.5 Å². The molecule has 0 heterocycles. The third kappa shape index (κ3) is 6.88. The van der Waals surface area contributed by atoms with E-state index in [4.69, 9.17) is 16.7 Å². The van der Waals surface area contributed by atoms with Gasteiger partial charge >= 0.3 is 5.97 Å². The van der Waals surface area contributed by atoms with Gasteiger partial charge in [0.25, 0.3) is 0 Å². The molecule has 0 aromatic carbocycles. The first kappa shape index (κ1) is 16.4. The molecule has 0 fully saturated rings. The van der Waals surface area contributed by atoms with Gasteiger partial charge in [-0.25, -0.2) is 4.79 Å². The summed E-state index contributed by atoms with van der Waals surface area (Å²) in [6, 6.07) is -1.04. The van der Waals surface area contributed by atoms with E-state index in [-0.39, 0.29) is 6.42 Å². The van der Waals surface area contributed by atoms with Gasteiger partial charge in [-0.2, -0.15) is 0 Å². The van der Waals surface area contributed by atoms with Crippen molar-refractivity contribution in [1.82, 2.24) is 5.32 Å². The van der Waals surface area contributed by atoms with Crippen molar-refractivity contribution in [3.63, 3.8) is 0 Å². The minimum Gasteiger partial charge on any atom is -0.467 e. The van der Waals surface area contributed by atoms with Crippen LogP contribution in [0.4, 0.5) is 0 Å². The van der Waals surface area contributed by atoms with Gasteiger partial charge in [-0.15, -0.1) is 0 Å². The SMILES string of the molecule is C=C/C(Cl)=C\C=C/CC(=O)NC(CO)C(=O)OC. The van der Waals surface area contributed by atoms with Crippen molar-refractivity contribution in [1.29, 1.82) is 0 Å². The van der Waals surface area contributed by atoms with Crippen molar-refractivity contribution in [3.05, 3.63) is 35.9 Å². The van der Waals surface area contributed by atoms with Gasteiger partial charge in [-0.3, -0.25) is 4.79 Å². The summed E-state index contributed by atoms with van der Waals surface area (Å²) >= 11 is 5.64. The summed E-state index contributed by atoms with van der Waals surface area (Å²) in [6.07, 6.45) is 6.25. The third-order valence-corrected chi connectivity index (χ3v) is 2.17. The molecule has 0 bridgehead atoms. The van der Waals surface area contributed by atoms with Crippen molar-refractivity contribution in [2.75, 3.05) is 13.7 Å². The van der Waals surface area contributed by atoms with Crippen molar-refractivity contribution in [2.45, 2.75) is 12.5 Å². The van der Waals surface area contributed by atoms with E-state index in [2.05, 4.69) is 16.6 Å². The average molecular weight is 274 g/mol. The maximum absolute atomic E-state index is 11.4. The molecule has 5 nitrogen and oxygen atoms in total. The number of aliphatic hydroxyl groups is 1. The molecule has 0 aromatic heterocycles. The quantitative estimate of drug-likeness (QED) is 0.534. The number of hydrogen-bond donors (Lipinski definition) is 2. The highest BCUT2D eigenvalue weighted by Gasteiger charge is 2.19. The fraction of sp³-hybridized carbons (Fsp3) is 0.333. The van der Waals surface area contributed by atoms with Crippen LogP contribution in [-0.2, 0) is 14.3 Å². The smallest absolute Gasteiger partial charge is 0.330 e. The number of nitrogens with one attached hydrogen (secondary N) is 1. The Kier molecular flexibility index (Phi) is 8.61. The highest BCUT2D eigenvalue weighted by Crippen LogP contribution is 2.01.